The van der Waals surface area contributed by atoms with E-state index < -0.39 is 0 Å². The molecule has 1 saturated heterocycles. The highest BCUT2D eigenvalue weighted by atomic mass is 15.2. The number of aromatic nitrogens is 1. The van der Waals surface area contributed by atoms with Gasteiger partial charge in [0, 0.05) is 18.8 Å². The zero-order chi connectivity index (χ0) is 13.0. The monoisotopic (exact) mass is 246 g/mol. The van der Waals surface area contributed by atoms with E-state index in [1.807, 2.05) is 12.1 Å². The third-order valence-electron chi connectivity index (χ3n) is 3.74. The molecule has 18 heavy (non-hydrogen) atoms. The zero-order valence-corrected chi connectivity index (χ0v) is 11.0. The summed E-state index contributed by atoms with van der Waals surface area (Å²) in [6.07, 6.45) is 6.78. The number of hydrogen-bond donors (Lipinski definition) is 2. The van der Waals surface area contributed by atoms with Crippen molar-refractivity contribution in [2.45, 2.75) is 45.2 Å². The number of likely N-dealkylation sites (tertiary alicyclic amines) is 1. The summed E-state index contributed by atoms with van der Waals surface area (Å²) in [5.41, 5.74) is 7.30. The molecule has 98 valence electrons. The van der Waals surface area contributed by atoms with Crippen molar-refractivity contribution >= 4 is 5.84 Å². The van der Waals surface area contributed by atoms with Crippen LogP contribution in [0, 0.1) is 5.41 Å². The van der Waals surface area contributed by atoms with Crippen LogP contribution in [0.15, 0.2) is 18.3 Å². The van der Waals surface area contributed by atoms with Crippen LogP contribution in [0.25, 0.3) is 0 Å². The van der Waals surface area contributed by atoms with E-state index in [4.69, 9.17) is 11.1 Å². The molecule has 0 saturated carbocycles. The SMILES string of the molecule is CCC1CCCCN1Cc1cccnc1C(=N)N. The van der Waals surface area contributed by atoms with E-state index in [0.29, 0.717) is 11.7 Å². The summed E-state index contributed by atoms with van der Waals surface area (Å²) >= 11 is 0. The molecule has 0 radical (unpaired) electrons. The van der Waals surface area contributed by atoms with Crippen LogP contribution in [0.3, 0.4) is 0 Å². The minimum atomic E-state index is 0.0654. The Morgan fingerprint density at radius 3 is 3.11 bits per heavy atom. The normalized spacial score (nSPS) is 20.8. The summed E-state index contributed by atoms with van der Waals surface area (Å²) in [7, 11) is 0. The van der Waals surface area contributed by atoms with Gasteiger partial charge in [0.25, 0.3) is 0 Å². The van der Waals surface area contributed by atoms with Crippen molar-refractivity contribution < 1.29 is 0 Å². The van der Waals surface area contributed by atoms with Crippen molar-refractivity contribution in [2.75, 3.05) is 6.54 Å². The summed E-state index contributed by atoms with van der Waals surface area (Å²) < 4.78 is 0. The number of hydrogen-bond acceptors (Lipinski definition) is 3. The Balaban J connectivity index is 2.15. The van der Waals surface area contributed by atoms with E-state index >= 15 is 0 Å². The molecule has 0 bridgehead atoms. The van der Waals surface area contributed by atoms with Gasteiger partial charge in [0.1, 0.15) is 11.5 Å². The number of nitrogens with two attached hydrogens (primary N) is 1. The van der Waals surface area contributed by atoms with Crippen LogP contribution >= 0.6 is 0 Å². The van der Waals surface area contributed by atoms with Crippen molar-refractivity contribution in [1.29, 1.82) is 5.41 Å². The highest BCUT2D eigenvalue weighted by Gasteiger charge is 2.21. The number of rotatable bonds is 4. The highest BCUT2D eigenvalue weighted by Crippen LogP contribution is 2.22. The van der Waals surface area contributed by atoms with Gasteiger partial charge in [0.15, 0.2) is 0 Å². The van der Waals surface area contributed by atoms with Gasteiger partial charge in [0.2, 0.25) is 0 Å². The average molecular weight is 246 g/mol. The Hall–Kier alpha value is -1.42. The number of nitrogens with one attached hydrogen (secondary N) is 1. The van der Waals surface area contributed by atoms with E-state index in [2.05, 4.69) is 16.8 Å². The fourth-order valence-corrected chi connectivity index (χ4v) is 2.76. The molecule has 2 heterocycles. The molecule has 1 aromatic rings. The van der Waals surface area contributed by atoms with Gasteiger partial charge in [-0.2, -0.15) is 0 Å². The molecule has 2 rings (SSSR count). The maximum atomic E-state index is 7.59. The summed E-state index contributed by atoms with van der Waals surface area (Å²) in [5.74, 6) is 0.0654. The standard InChI is InChI=1S/C14H22N4/c1-2-12-7-3-4-9-18(12)10-11-6-5-8-17-13(11)14(15)16/h5-6,8,12H,2-4,7,9-10H2,1H3,(H3,15,16). The maximum Gasteiger partial charge on any atom is 0.142 e. The first kappa shape index (κ1) is 13.0. The molecule has 0 aromatic carbocycles. The molecule has 4 heteroatoms. The van der Waals surface area contributed by atoms with E-state index in [0.717, 1.165) is 18.7 Å². The van der Waals surface area contributed by atoms with Gasteiger partial charge in [-0.1, -0.05) is 19.4 Å². The summed E-state index contributed by atoms with van der Waals surface area (Å²) in [5, 5.41) is 7.59. The number of pyridine rings is 1. The molecular formula is C14H22N4. The van der Waals surface area contributed by atoms with Crippen LogP contribution in [-0.2, 0) is 6.54 Å². The molecule has 4 nitrogen and oxygen atoms in total. The van der Waals surface area contributed by atoms with Gasteiger partial charge in [0.05, 0.1) is 0 Å². The van der Waals surface area contributed by atoms with Crippen LogP contribution in [0.4, 0.5) is 0 Å². The topological polar surface area (TPSA) is 66.0 Å². The summed E-state index contributed by atoms with van der Waals surface area (Å²) in [6.45, 7) is 4.25. The second-order valence-electron chi connectivity index (χ2n) is 4.95. The Morgan fingerprint density at radius 1 is 1.56 bits per heavy atom. The second kappa shape index (κ2) is 5.96. The van der Waals surface area contributed by atoms with Gasteiger partial charge in [-0.05, 0) is 37.4 Å². The molecule has 0 aliphatic carbocycles. The van der Waals surface area contributed by atoms with E-state index in [1.54, 1.807) is 6.20 Å². The van der Waals surface area contributed by atoms with Crippen molar-refractivity contribution in [1.82, 2.24) is 9.88 Å². The lowest BCUT2D eigenvalue weighted by molar-refractivity contribution is 0.136. The fraction of sp³-hybridized carbons (Fsp3) is 0.571. The first-order valence-electron chi connectivity index (χ1n) is 6.74. The lowest BCUT2D eigenvalue weighted by Gasteiger charge is -2.35. The number of amidine groups is 1. The Kier molecular flexibility index (Phi) is 4.31. The zero-order valence-electron chi connectivity index (χ0n) is 11.0. The lowest BCUT2D eigenvalue weighted by Crippen LogP contribution is -2.39. The smallest absolute Gasteiger partial charge is 0.142 e. The van der Waals surface area contributed by atoms with Crippen LogP contribution in [0.5, 0.6) is 0 Å². The molecule has 1 aliphatic rings. The van der Waals surface area contributed by atoms with E-state index in [-0.39, 0.29) is 5.84 Å². The third-order valence-corrected chi connectivity index (χ3v) is 3.74. The summed E-state index contributed by atoms with van der Waals surface area (Å²) in [6, 6.07) is 4.62. The van der Waals surface area contributed by atoms with Crippen molar-refractivity contribution in [3.63, 3.8) is 0 Å². The van der Waals surface area contributed by atoms with Gasteiger partial charge >= 0.3 is 0 Å². The minimum Gasteiger partial charge on any atom is -0.382 e. The minimum absolute atomic E-state index is 0.0654. The molecule has 1 atom stereocenters. The fourth-order valence-electron chi connectivity index (χ4n) is 2.76. The lowest BCUT2D eigenvalue weighted by atomic mass is 9.99. The van der Waals surface area contributed by atoms with Crippen LogP contribution in [-0.4, -0.2) is 28.3 Å². The molecular weight excluding hydrogens is 224 g/mol. The van der Waals surface area contributed by atoms with Crippen LogP contribution in [0.2, 0.25) is 0 Å². The number of piperidine rings is 1. The predicted molar refractivity (Wildman–Crippen MR) is 73.6 cm³/mol. The molecule has 1 fully saturated rings. The van der Waals surface area contributed by atoms with Crippen molar-refractivity contribution in [3.05, 3.63) is 29.6 Å². The van der Waals surface area contributed by atoms with Gasteiger partial charge in [-0.3, -0.25) is 15.3 Å². The first-order chi connectivity index (χ1) is 8.72. The van der Waals surface area contributed by atoms with Gasteiger partial charge in [-0.15, -0.1) is 0 Å². The number of nitrogens with zero attached hydrogens (tertiary/aromatic N) is 2. The highest BCUT2D eigenvalue weighted by molar-refractivity contribution is 5.94. The Bertz CT molecular complexity index is 416. The van der Waals surface area contributed by atoms with Crippen LogP contribution < -0.4 is 5.73 Å². The predicted octanol–water partition coefficient (Wildman–Crippen LogP) is 2.13. The van der Waals surface area contributed by atoms with Crippen molar-refractivity contribution in [3.8, 4) is 0 Å². The van der Waals surface area contributed by atoms with E-state index in [1.165, 1.54) is 25.7 Å². The summed E-state index contributed by atoms with van der Waals surface area (Å²) in [4.78, 5) is 6.73. The Morgan fingerprint density at radius 2 is 2.39 bits per heavy atom. The first-order valence-corrected chi connectivity index (χ1v) is 6.74. The van der Waals surface area contributed by atoms with Crippen LogP contribution in [0.1, 0.15) is 43.9 Å². The molecule has 3 N–H and O–H groups in total. The number of nitrogen functional groups attached to an aromatic ring is 1. The van der Waals surface area contributed by atoms with Gasteiger partial charge < -0.3 is 5.73 Å². The van der Waals surface area contributed by atoms with Crippen molar-refractivity contribution in [2.24, 2.45) is 5.73 Å². The quantitative estimate of drug-likeness (QED) is 0.632. The largest absolute Gasteiger partial charge is 0.382 e. The third kappa shape index (κ3) is 2.88. The second-order valence-corrected chi connectivity index (χ2v) is 4.95. The molecule has 1 unspecified atom stereocenters. The average Bonchev–Trinajstić information content (AvgIpc) is 2.40. The maximum absolute atomic E-state index is 7.59. The Labute approximate surface area is 109 Å². The molecule has 0 spiro atoms. The molecule has 0 amide bonds. The van der Waals surface area contributed by atoms with Gasteiger partial charge in [-0.25, -0.2) is 0 Å². The molecule has 1 aliphatic heterocycles. The van der Waals surface area contributed by atoms with E-state index in [9.17, 15) is 0 Å². The molecule has 1 aromatic heterocycles.